The summed E-state index contributed by atoms with van der Waals surface area (Å²) in [6.07, 6.45) is 3.89. The van der Waals surface area contributed by atoms with Crippen molar-refractivity contribution in [2.45, 2.75) is 45.1 Å². The Bertz CT molecular complexity index is 407. The maximum absolute atomic E-state index is 12.0. The van der Waals surface area contributed by atoms with Crippen molar-refractivity contribution >= 4 is 5.91 Å². The lowest BCUT2D eigenvalue weighted by Gasteiger charge is -2.27. The van der Waals surface area contributed by atoms with Crippen LogP contribution < -0.4 is 0 Å². The number of piperidine rings is 1. The normalized spacial score (nSPS) is 17.3. The first kappa shape index (κ1) is 14.1. The van der Waals surface area contributed by atoms with Crippen LogP contribution >= 0.6 is 0 Å². The van der Waals surface area contributed by atoms with Crippen LogP contribution in [0.2, 0.25) is 0 Å². The molecule has 2 rings (SSSR count). The molecule has 0 saturated carbocycles. The molecule has 104 valence electrons. The van der Waals surface area contributed by atoms with Crippen LogP contribution in [0, 0.1) is 6.92 Å². The highest BCUT2D eigenvalue weighted by Gasteiger charge is 2.17. The van der Waals surface area contributed by atoms with Crippen LogP contribution in [-0.2, 0) is 4.79 Å². The van der Waals surface area contributed by atoms with Crippen LogP contribution in [0.25, 0.3) is 0 Å². The zero-order chi connectivity index (χ0) is 13.7. The van der Waals surface area contributed by atoms with E-state index in [0.29, 0.717) is 12.8 Å². The number of aryl methyl sites for hydroxylation is 1. The van der Waals surface area contributed by atoms with Gasteiger partial charge in [0.2, 0.25) is 5.91 Å². The molecule has 1 amide bonds. The summed E-state index contributed by atoms with van der Waals surface area (Å²) in [6, 6.07) is 7.85. The van der Waals surface area contributed by atoms with Gasteiger partial charge in [-0.25, -0.2) is 0 Å². The molecule has 1 fully saturated rings. The van der Waals surface area contributed by atoms with Crippen LogP contribution in [0.4, 0.5) is 0 Å². The van der Waals surface area contributed by atoms with Crippen molar-refractivity contribution in [3.63, 3.8) is 0 Å². The highest BCUT2D eigenvalue weighted by atomic mass is 16.3. The number of carbonyl (C=O) groups is 1. The first-order chi connectivity index (χ1) is 9.16. The van der Waals surface area contributed by atoms with Gasteiger partial charge >= 0.3 is 0 Å². The average Bonchev–Trinajstić information content (AvgIpc) is 2.46. The number of aliphatic hydroxyl groups excluding tert-OH is 1. The number of carbonyl (C=O) groups excluding carboxylic acids is 1. The van der Waals surface area contributed by atoms with E-state index in [9.17, 15) is 9.90 Å². The van der Waals surface area contributed by atoms with Gasteiger partial charge in [-0.3, -0.25) is 4.79 Å². The fourth-order valence-corrected chi connectivity index (χ4v) is 2.52. The smallest absolute Gasteiger partial charge is 0.222 e. The van der Waals surface area contributed by atoms with Gasteiger partial charge < -0.3 is 10.0 Å². The molecule has 1 atom stereocenters. The topological polar surface area (TPSA) is 40.5 Å². The average molecular weight is 261 g/mol. The summed E-state index contributed by atoms with van der Waals surface area (Å²) in [5.74, 6) is 0.186. The summed E-state index contributed by atoms with van der Waals surface area (Å²) < 4.78 is 0. The number of hydrogen-bond donors (Lipinski definition) is 1. The van der Waals surface area contributed by atoms with Crippen molar-refractivity contribution in [1.29, 1.82) is 0 Å². The quantitative estimate of drug-likeness (QED) is 0.905. The van der Waals surface area contributed by atoms with E-state index in [2.05, 4.69) is 0 Å². The number of benzene rings is 1. The molecule has 1 aliphatic rings. The molecule has 1 saturated heterocycles. The minimum Gasteiger partial charge on any atom is -0.388 e. The molecular weight excluding hydrogens is 238 g/mol. The molecule has 1 aliphatic heterocycles. The Morgan fingerprint density at radius 2 is 1.84 bits per heavy atom. The predicted molar refractivity (Wildman–Crippen MR) is 75.8 cm³/mol. The summed E-state index contributed by atoms with van der Waals surface area (Å²) in [5, 5.41) is 10.1. The molecule has 1 heterocycles. The zero-order valence-electron chi connectivity index (χ0n) is 11.6. The second kappa shape index (κ2) is 6.71. The van der Waals surface area contributed by atoms with E-state index in [0.717, 1.165) is 31.5 Å². The minimum absolute atomic E-state index is 0.186. The van der Waals surface area contributed by atoms with Crippen LogP contribution in [-0.4, -0.2) is 29.0 Å². The van der Waals surface area contributed by atoms with Gasteiger partial charge in [0.05, 0.1) is 6.10 Å². The second-order valence-electron chi connectivity index (χ2n) is 5.41. The van der Waals surface area contributed by atoms with Crippen molar-refractivity contribution < 1.29 is 9.90 Å². The molecule has 3 nitrogen and oxygen atoms in total. The summed E-state index contributed by atoms with van der Waals surface area (Å²) in [4.78, 5) is 13.9. The molecule has 0 radical (unpaired) electrons. The second-order valence-corrected chi connectivity index (χ2v) is 5.41. The fraction of sp³-hybridized carbons (Fsp3) is 0.562. The van der Waals surface area contributed by atoms with Crippen LogP contribution in [0.15, 0.2) is 24.3 Å². The Morgan fingerprint density at radius 1 is 1.21 bits per heavy atom. The van der Waals surface area contributed by atoms with E-state index >= 15 is 0 Å². The third kappa shape index (κ3) is 4.06. The third-order valence-corrected chi connectivity index (χ3v) is 3.80. The SMILES string of the molecule is Cc1ccc(C(O)CCC(=O)N2CCCCC2)cc1. The van der Waals surface area contributed by atoms with E-state index in [-0.39, 0.29) is 5.91 Å². The Hall–Kier alpha value is -1.35. The highest BCUT2D eigenvalue weighted by Crippen LogP contribution is 2.20. The molecule has 0 spiro atoms. The molecule has 0 bridgehead atoms. The largest absolute Gasteiger partial charge is 0.388 e. The Kier molecular flexibility index (Phi) is 4.97. The Labute approximate surface area is 115 Å². The van der Waals surface area contributed by atoms with Gasteiger partial charge in [0, 0.05) is 19.5 Å². The molecule has 1 unspecified atom stereocenters. The summed E-state index contributed by atoms with van der Waals surface area (Å²) >= 11 is 0. The molecule has 1 N–H and O–H groups in total. The molecular formula is C16H23NO2. The maximum atomic E-state index is 12.0. The lowest BCUT2D eigenvalue weighted by Crippen LogP contribution is -2.35. The molecule has 0 aromatic heterocycles. The standard InChI is InChI=1S/C16H23NO2/c1-13-5-7-14(8-6-13)15(18)9-10-16(19)17-11-3-2-4-12-17/h5-8,15,18H,2-4,9-12H2,1H3. The summed E-state index contributed by atoms with van der Waals surface area (Å²) in [7, 11) is 0. The molecule has 1 aromatic carbocycles. The number of nitrogens with zero attached hydrogens (tertiary/aromatic N) is 1. The van der Waals surface area contributed by atoms with E-state index in [1.807, 2.05) is 36.1 Å². The minimum atomic E-state index is -0.533. The lowest BCUT2D eigenvalue weighted by atomic mass is 10.0. The van der Waals surface area contributed by atoms with Crippen molar-refractivity contribution in [2.24, 2.45) is 0 Å². The Morgan fingerprint density at radius 3 is 2.47 bits per heavy atom. The first-order valence-corrected chi connectivity index (χ1v) is 7.19. The number of amides is 1. The molecule has 0 aliphatic carbocycles. The highest BCUT2D eigenvalue weighted by molar-refractivity contribution is 5.76. The number of rotatable bonds is 4. The fourth-order valence-electron chi connectivity index (χ4n) is 2.52. The van der Waals surface area contributed by atoms with E-state index in [1.54, 1.807) is 0 Å². The van der Waals surface area contributed by atoms with Crippen molar-refractivity contribution in [3.8, 4) is 0 Å². The predicted octanol–water partition coefficient (Wildman–Crippen LogP) is 2.82. The van der Waals surface area contributed by atoms with Crippen LogP contribution in [0.3, 0.4) is 0 Å². The van der Waals surface area contributed by atoms with Gasteiger partial charge in [-0.2, -0.15) is 0 Å². The van der Waals surface area contributed by atoms with Crippen molar-refractivity contribution in [3.05, 3.63) is 35.4 Å². The van der Waals surface area contributed by atoms with Gasteiger partial charge in [-0.1, -0.05) is 29.8 Å². The first-order valence-electron chi connectivity index (χ1n) is 7.19. The molecule has 19 heavy (non-hydrogen) atoms. The van der Waals surface area contributed by atoms with Crippen LogP contribution in [0.5, 0.6) is 0 Å². The van der Waals surface area contributed by atoms with E-state index in [1.165, 1.54) is 12.0 Å². The monoisotopic (exact) mass is 261 g/mol. The Balaban J connectivity index is 1.80. The van der Waals surface area contributed by atoms with Gasteiger partial charge in [-0.05, 0) is 38.2 Å². The third-order valence-electron chi connectivity index (χ3n) is 3.80. The zero-order valence-corrected chi connectivity index (χ0v) is 11.6. The number of aliphatic hydroxyl groups is 1. The van der Waals surface area contributed by atoms with Crippen LogP contribution in [0.1, 0.15) is 49.3 Å². The molecule has 1 aromatic rings. The van der Waals surface area contributed by atoms with Gasteiger partial charge in [-0.15, -0.1) is 0 Å². The number of hydrogen-bond acceptors (Lipinski definition) is 2. The maximum Gasteiger partial charge on any atom is 0.222 e. The summed E-state index contributed by atoms with van der Waals surface area (Å²) in [5.41, 5.74) is 2.08. The number of likely N-dealkylation sites (tertiary alicyclic amines) is 1. The van der Waals surface area contributed by atoms with Crippen molar-refractivity contribution in [2.75, 3.05) is 13.1 Å². The van der Waals surface area contributed by atoms with Crippen molar-refractivity contribution in [1.82, 2.24) is 4.90 Å². The van der Waals surface area contributed by atoms with E-state index < -0.39 is 6.10 Å². The van der Waals surface area contributed by atoms with Gasteiger partial charge in [0.1, 0.15) is 0 Å². The van der Waals surface area contributed by atoms with E-state index in [4.69, 9.17) is 0 Å². The lowest BCUT2D eigenvalue weighted by molar-refractivity contribution is -0.132. The van der Waals surface area contributed by atoms with Gasteiger partial charge in [0.25, 0.3) is 0 Å². The summed E-state index contributed by atoms with van der Waals surface area (Å²) in [6.45, 7) is 3.80. The molecule has 3 heteroatoms. The van der Waals surface area contributed by atoms with Gasteiger partial charge in [0.15, 0.2) is 0 Å².